The molecule has 0 spiro atoms. The number of fused-ring (bicyclic) bond motifs is 1. The van der Waals surface area contributed by atoms with Crippen LogP contribution in [-0.4, -0.2) is 10.1 Å². The number of aromatic nitrogens is 1. The maximum atomic E-state index is 10.5. The zero-order chi connectivity index (χ0) is 13.9. The van der Waals surface area contributed by atoms with Crippen LogP contribution >= 0.6 is 0 Å². The molecule has 100 valence electrons. The van der Waals surface area contributed by atoms with Crippen molar-refractivity contribution in [3.05, 3.63) is 77.5 Å². The minimum absolute atomic E-state index is 0.675. The summed E-state index contributed by atoms with van der Waals surface area (Å²) in [5, 5.41) is 11.6. The summed E-state index contributed by atoms with van der Waals surface area (Å²) in [6.07, 6.45) is 0.289. The molecule has 0 fully saturated rings. The molecule has 0 aliphatic rings. The highest BCUT2D eigenvalue weighted by Gasteiger charge is 2.12. The van der Waals surface area contributed by atoms with Crippen LogP contribution < -0.4 is 0 Å². The van der Waals surface area contributed by atoms with E-state index in [2.05, 4.69) is 18.0 Å². The fourth-order valence-corrected chi connectivity index (χ4v) is 2.39. The molecule has 1 heterocycles. The molecule has 3 rings (SSSR count). The van der Waals surface area contributed by atoms with Crippen molar-refractivity contribution < 1.29 is 5.11 Å². The maximum Gasteiger partial charge on any atom is 0.121 e. The molecule has 3 aromatic rings. The Morgan fingerprint density at radius 1 is 1.00 bits per heavy atom. The summed E-state index contributed by atoms with van der Waals surface area (Å²) in [4.78, 5) is 4.56. The highest BCUT2D eigenvalue weighted by molar-refractivity contribution is 5.78. The van der Waals surface area contributed by atoms with E-state index in [-0.39, 0.29) is 0 Å². The molecule has 0 radical (unpaired) electrons. The predicted molar refractivity (Wildman–Crippen MR) is 81.6 cm³/mol. The molecule has 0 bridgehead atoms. The van der Waals surface area contributed by atoms with Crippen molar-refractivity contribution >= 4 is 10.9 Å². The number of hydrogen-bond donors (Lipinski definition) is 1. The van der Waals surface area contributed by atoms with Crippen molar-refractivity contribution in [2.45, 2.75) is 19.4 Å². The van der Waals surface area contributed by atoms with Crippen LogP contribution in [0.25, 0.3) is 10.9 Å². The molecule has 0 saturated carbocycles. The minimum Gasteiger partial charge on any atom is -0.382 e. The molecule has 0 aliphatic carbocycles. The molecule has 20 heavy (non-hydrogen) atoms. The van der Waals surface area contributed by atoms with Gasteiger partial charge in [-0.15, -0.1) is 0 Å². The van der Waals surface area contributed by atoms with Gasteiger partial charge in [0, 0.05) is 5.39 Å². The van der Waals surface area contributed by atoms with Crippen molar-refractivity contribution in [2.75, 3.05) is 0 Å². The van der Waals surface area contributed by atoms with Gasteiger partial charge in [0.05, 0.1) is 11.2 Å². The van der Waals surface area contributed by atoms with Crippen LogP contribution in [0.2, 0.25) is 0 Å². The second kappa shape index (κ2) is 5.43. The van der Waals surface area contributed by atoms with Gasteiger partial charge in [-0.2, -0.15) is 0 Å². The minimum atomic E-state index is -0.675. The molecule has 1 aromatic heterocycles. The molecule has 1 unspecified atom stereocenters. The average molecular weight is 263 g/mol. The topological polar surface area (TPSA) is 33.1 Å². The summed E-state index contributed by atoms with van der Waals surface area (Å²) in [7, 11) is 0. The molecular formula is C18H17NO. The first-order chi connectivity index (χ1) is 9.78. The third kappa shape index (κ3) is 2.43. The van der Waals surface area contributed by atoms with E-state index in [4.69, 9.17) is 0 Å². The van der Waals surface area contributed by atoms with Gasteiger partial charge in [0.2, 0.25) is 0 Å². The SMILES string of the molecule is CCc1cccc(C(O)c2ccc3ccccc3n2)c1. The zero-order valence-corrected chi connectivity index (χ0v) is 11.5. The number of aliphatic hydroxyl groups excluding tert-OH is 1. The van der Waals surface area contributed by atoms with E-state index >= 15 is 0 Å². The lowest BCUT2D eigenvalue weighted by molar-refractivity contribution is 0.215. The number of pyridine rings is 1. The number of rotatable bonds is 3. The number of benzene rings is 2. The second-order valence-corrected chi connectivity index (χ2v) is 4.93. The quantitative estimate of drug-likeness (QED) is 0.778. The molecule has 0 saturated heterocycles. The van der Waals surface area contributed by atoms with Crippen LogP contribution in [0.1, 0.15) is 29.8 Å². The Balaban J connectivity index is 2.00. The Hall–Kier alpha value is -2.19. The second-order valence-electron chi connectivity index (χ2n) is 4.93. The Morgan fingerprint density at radius 2 is 1.85 bits per heavy atom. The van der Waals surface area contributed by atoms with E-state index in [9.17, 15) is 5.11 Å². The molecule has 2 heteroatoms. The van der Waals surface area contributed by atoms with Gasteiger partial charge >= 0.3 is 0 Å². The highest BCUT2D eigenvalue weighted by atomic mass is 16.3. The molecular weight excluding hydrogens is 246 g/mol. The maximum absolute atomic E-state index is 10.5. The molecule has 0 amide bonds. The van der Waals surface area contributed by atoms with E-state index < -0.39 is 6.10 Å². The smallest absolute Gasteiger partial charge is 0.121 e. The monoisotopic (exact) mass is 263 g/mol. The van der Waals surface area contributed by atoms with Gasteiger partial charge in [0.25, 0.3) is 0 Å². The summed E-state index contributed by atoms with van der Waals surface area (Å²) in [6.45, 7) is 2.11. The normalized spacial score (nSPS) is 12.5. The van der Waals surface area contributed by atoms with E-state index in [1.54, 1.807) is 0 Å². The third-order valence-corrected chi connectivity index (χ3v) is 3.58. The number of hydrogen-bond acceptors (Lipinski definition) is 2. The van der Waals surface area contributed by atoms with Crippen LogP contribution in [-0.2, 0) is 6.42 Å². The van der Waals surface area contributed by atoms with Gasteiger partial charge in [-0.3, -0.25) is 0 Å². The number of para-hydroxylation sites is 1. The highest BCUT2D eigenvalue weighted by Crippen LogP contribution is 2.23. The lowest BCUT2D eigenvalue weighted by Gasteiger charge is -2.12. The van der Waals surface area contributed by atoms with Crippen molar-refractivity contribution in [2.24, 2.45) is 0 Å². The summed E-state index contributed by atoms with van der Waals surface area (Å²) >= 11 is 0. The molecule has 2 nitrogen and oxygen atoms in total. The summed E-state index contributed by atoms with van der Waals surface area (Å²) < 4.78 is 0. The molecule has 1 atom stereocenters. The van der Waals surface area contributed by atoms with Gasteiger partial charge in [0.1, 0.15) is 6.10 Å². The van der Waals surface area contributed by atoms with Crippen LogP contribution in [0, 0.1) is 0 Å². The standard InChI is InChI=1S/C18H17NO/c1-2-13-6-5-8-15(12-13)18(20)17-11-10-14-7-3-4-9-16(14)19-17/h3-12,18,20H,2H2,1H3. The van der Waals surface area contributed by atoms with Crippen LogP contribution in [0.4, 0.5) is 0 Å². The molecule has 1 N–H and O–H groups in total. The van der Waals surface area contributed by atoms with Crippen LogP contribution in [0.3, 0.4) is 0 Å². The summed E-state index contributed by atoms with van der Waals surface area (Å²) in [5.74, 6) is 0. The average Bonchev–Trinajstić information content (AvgIpc) is 2.53. The van der Waals surface area contributed by atoms with Crippen molar-refractivity contribution in [3.63, 3.8) is 0 Å². The Labute approximate surface area is 118 Å². The van der Waals surface area contributed by atoms with E-state index in [1.807, 2.05) is 54.6 Å². The fraction of sp³-hybridized carbons (Fsp3) is 0.167. The third-order valence-electron chi connectivity index (χ3n) is 3.58. The number of nitrogens with zero attached hydrogens (tertiary/aromatic N) is 1. The predicted octanol–water partition coefficient (Wildman–Crippen LogP) is 3.88. The molecule has 2 aromatic carbocycles. The van der Waals surface area contributed by atoms with Gasteiger partial charge in [-0.05, 0) is 29.7 Å². The first-order valence-electron chi connectivity index (χ1n) is 6.90. The van der Waals surface area contributed by atoms with Crippen molar-refractivity contribution in [3.8, 4) is 0 Å². The van der Waals surface area contributed by atoms with E-state index in [0.717, 1.165) is 22.9 Å². The van der Waals surface area contributed by atoms with Gasteiger partial charge < -0.3 is 5.11 Å². The van der Waals surface area contributed by atoms with Gasteiger partial charge in [-0.1, -0.05) is 55.5 Å². The first kappa shape index (κ1) is 12.8. The summed E-state index contributed by atoms with van der Waals surface area (Å²) in [5.41, 5.74) is 3.72. The van der Waals surface area contributed by atoms with Gasteiger partial charge in [0.15, 0.2) is 0 Å². The summed E-state index contributed by atoms with van der Waals surface area (Å²) in [6, 6.07) is 19.9. The lowest BCUT2D eigenvalue weighted by Crippen LogP contribution is -2.03. The van der Waals surface area contributed by atoms with Gasteiger partial charge in [-0.25, -0.2) is 4.98 Å². The van der Waals surface area contributed by atoms with E-state index in [0.29, 0.717) is 5.69 Å². The van der Waals surface area contributed by atoms with E-state index in [1.165, 1.54) is 5.56 Å². The van der Waals surface area contributed by atoms with Crippen molar-refractivity contribution in [1.82, 2.24) is 4.98 Å². The lowest BCUT2D eigenvalue weighted by atomic mass is 10.0. The molecule has 0 aliphatic heterocycles. The Bertz CT molecular complexity index is 736. The largest absolute Gasteiger partial charge is 0.382 e. The van der Waals surface area contributed by atoms with Crippen LogP contribution in [0.5, 0.6) is 0 Å². The zero-order valence-electron chi connectivity index (χ0n) is 11.5. The Morgan fingerprint density at radius 3 is 2.70 bits per heavy atom. The Kier molecular flexibility index (Phi) is 3.48. The van der Waals surface area contributed by atoms with Crippen molar-refractivity contribution in [1.29, 1.82) is 0 Å². The first-order valence-corrected chi connectivity index (χ1v) is 6.90. The fourth-order valence-electron chi connectivity index (χ4n) is 2.39. The number of aliphatic hydroxyl groups is 1. The number of aryl methyl sites for hydroxylation is 1. The van der Waals surface area contributed by atoms with Crippen LogP contribution in [0.15, 0.2) is 60.7 Å².